The van der Waals surface area contributed by atoms with Gasteiger partial charge >= 0.3 is 5.97 Å². The summed E-state index contributed by atoms with van der Waals surface area (Å²) in [7, 11) is 0. The molecule has 0 radical (unpaired) electrons. The third kappa shape index (κ3) is 5.21. The van der Waals surface area contributed by atoms with E-state index < -0.39 is 0 Å². The summed E-state index contributed by atoms with van der Waals surface area (Å²) in [6.07, 6.45) is 3.10. The highest BCUT2D eigenvalue weighted by Gasteiger charge is 2.42. The van der Waals surface area contributed by atoms with Crippen LogP contribution in [0.2, 0.25) is 0 Å². The standard InChI is InChI=1S/C21H31IO2/c1-20(2,3)15-11-14(12-16(13-15)21(4,5)6)19(23)24-18-9-7-17(22)8-10-18/h7-10,14-16H,11-13H2,1-6H3/t14?,15-,16+. The summed E-state index contributed by atoms with van der Waals surface area (Å²) in [5, 5.41) is 0. The molecule has 1 fully saturated rings. The number of carbonyl (C=O) groups excluding carboxylic acids is 1. The number of hydrogen-bond acceptors (Lipinski definition) is 2. The Morgan fingerprint density at radius 1 is 0.917 bits per heavy atom. The van der Waals surface area contributed by atoms with Crippen LogP contribution in [0.3, 0.4) is 0 Å². The van der Waals surface area contributed by atoms with Crippen molar-refractivity contribution < 1.29 is 9.53 Å². The minimum Gasteiger partial charge on any atom is -0.426 e. The van der Waals surface area contributed by atoms with E-state index in [-0.39, 0.29) is 22.7 Å². The van der Waals surface area contributed by atoms with Crippen LogP contribution in [0, 0.1) is 32.2 Å². The van der Waals surface area contributed by atoms with Crippen LogP contribution in [-0.2, 0) is 4.79 Å². The van der Waals surface area contributed by atoms with E-state index >= 15 is 0 Å². The molecule has 3 heteroatoms. The maximum absolute atomic E-state index is 12.8. The van der Waals surface area contributed by atoms with Crippen LogP contribution in [0.4, 0.5) is 0 Å². The second-order valence-electron chi connectivity index (χ2n) is 9.40. The van der Waals surface area contributed by atoms with Crippen molar-refractivity contribution in [3.63, 3.8) is 0 Å². The second kappa shape index (κ2) is 7.35. The van der Waals surface area contributed by atoms with Gasteiger partial charge in [0.25, 0.3) is 0 Å². The average Bonchev–Trinajstić information content (AvgIpc) is 2.47. The fourth-order valence-electron chi connectivity index (χ4n) is 3.63. The number of carbonyl (C=O) groups is 1. The van der Waals surface area contributed by atoms with E-state index in [1.54, 1.807) is 0 Å². The molecule has 134 valence electrons. The van der Waals surface area contributed by atoms with E-state index in [4.69, 9.17) is 4.74 Å². The third-order valence-electron chi connectivity index (χ3n) is 5.52. The molecular formula is C21H31IO2. The summed E-state index contributed by atoms with van der Waals surface area (Å²) in [5.74, 6) is 1.73. The highest BCUT2D eigenvalue weighted by atomic mass is 127. The molecule has 0 N–H and O–H groups in total. The lowest BCUT2D eigenvalue weighted by Crippen LogP contribution is -2.39. The molecule has 2 rings (SSSR count). The van der Waals surface area contributed by atoms with E-state index in [1.807, 2.05) is 24.3 Å². The molecular weight excluding hydrogens is 411 g/mol. The fraction of sp³-hybridized carbons (Fsp3) is 0.667. The van der Waals surface area contributed by atoms with Crippen molar-refractivity contribution in [3.05, 3.63) is 27.8 Å². The van der Waals surface area contributed by atoms with E-state index in [0.29, 0.717) is 17.6 Å². The predicted octanol–water partition coefficient (Wildman–Crippen LogP) is 6.32. The minimum atomic E-state index is -0.0561. The largest absolute Gasteiger partial charge is 0.426 e. The summed E-state index contributed by atoms with van der Waals surface area (Å²) in [5.41, 5.74) is 0.455. The van der Waals surface area contributed by atoms with Crippen molar-refractivity contribution in [1.82, 2.24) is 0 Å². The summed E-state index contributed by atoms with van der Waals surface area (Å²) >= 11 is 2.26. The van der Waals surface area contributed by atoms with Crippen LogP contribution >= 0.6 is 22.6 Å². The van der Waals surface area contributed by atoms with Crippen LogP contribution in [0.1, 0.15) is 60.8 Å². The number of hydrogen-bond donors (Lipinski definition) is 0. The Kier molecular flexibility index (Phi) is 6.04. The number of benzene rings is 1. The summed E-state index contributed by atoms with van der Waals surface area (Å²) in [6, 6.07) is 7.70. The van der Waals surface area contributed by atoms with Crippen molar-refractivity contribution in [3.8, 4) is 5.75 Å². The third-order valence-corrected chi connectivity index (χ3v) is 6.24. The van der Waals surface area contributed by atoms with Crippen LogP contribution in [0.25, 0.3) is 0 Å². The lowest BCUT2D eigenvalue weighted by atomic mass is 9.60. The van der Waals surface area contributed by atoms with Gasteiger partial charge in [-0.1, -0.05) is 41.5 Å². The molecule has 0 aliphatic heterocycles. The first kappa shape index (κ1) is 19.7. The van der Waals surface area contributed by atoms with Gasteiger partial charge in [0, 0.05) is 3.57 Å². The number of rotatable bonds is 2. The average molecular weight is 442 g/mol. The van der Waals surface area contributed by atoms with Crippen molar-refractivity contribution >= 4 is 28.6 Å². The summed E-state index contributed by atoms with van der Waals surface area (Å²) in [4.78, 5) is 12.8. The van der Waals surface area contributed by atoms with Gasteiger partial charge in [0.2, 0.25) is 0 Å². The Labute approximate surface area is 160 Å². The van der Waals surface area contributed by atoms with Crippen molar-refractivity contribution in [2.75, 3.05) is 0 Å². The lowest BCUT2D eigenvalue weighted by molar-refractivity contribution is -0.142. The molecule has 1 saturated carbocycles. The zero-order valence-corrected chi connectivity index (χ0v) is 18.0. The summed E-state index contributed by atoms with van der Waals surface area (Å²) in [6.45, 7) is 13.8. The van der Waals surface area contributed by atoms with E-state index in [0.717, 1.165) is 16.4 Å². The SMILES string of the molecule is CC(C)(C)[C@@H]1CC(C(=O)Oc2ccc(I)cc2)C[C@H](C(C)(C)C)C1. The van der Waals surface area contributed by atoms with Gasteiger partial charge in [0.05, 0.1) is 5.92 Å². The molecule has 0 aromatic heterocycles. The maximum atomic E-state index is 12.8. The molecule has 24 heavy (non-hydrogen) atoms. The Hall–Kier alpha value is -0.580. The zero-order chi connectivity index (χ0) is 18.1. The lowest BCUT2D eigenvalue weighted by Gasteiger charge is -2.45. The molecule has 1 aliphatic carbocycles. The Balaban J connectivity index is 2.14. The molecule has 1 aromatic rings. The number of ether oxygens (including phenoxy) is 1. The molecule has 2 nitrogen and oxygen atoms in total. The Bertz CT molecular complexity index is 541. The van der Waals surface area contributed by atoms with Crippen molar-refractivity contribution in [2.45, 2.75) is 60.8 Å². The molecule has 3 atom stereocenters. The minimum absolute atomic E-state index is 0.00600. The van der Waals surface area contributed by atoms with Crippen LogP contribution in [0.15, 0.2) is 24.3 Å². The Morgan fingerprint density at radius 2 is 1.38 bits per heavy atom. The smallest absolute Gasteiger partial charge is 0.314 e. The first-order valence-corrected chi connectivity index (χ1v) is 10.0. The van der Waals surface area contributed by atoms with Gasteiger partial charge in [-0.25, -0.2) is 0 Å². The van der Waals surface area contributed by atoms with Crippen molar-refractivity contribution in [1.29, 1.82) is 0 Å². The van der Waals surface area contributed by atoms with Crippen LogP contribution < -0.4 is 4.74 Å². The van der Waals surface area contributed by atoms with Gasteiger partial charge in [0.1, 0.15) is 5.75 Å². The molecule has 0 saturated heterocycles. The van der Waals surface area contributed by atoms with Gasteiger partial charge in [-0.15, -0.1) is 0 Å². The first-order valence-electron chi connectivity index (χ1n) is 8.94. The highest BCUT2D eigenvalue weighted by molar-refractivity contribution is 14.1. The molecule has 0 bridgehead atoms. The van der Waals surface area contributed by atoms with Gasteiger partial charge in [-0.3, -0.25) is 4.79 Å². The molecule has 1 unspecified atom stereocenters. The Morgan fingerprint density at radius 3 is 1.79 bits per heavy atom. The van der Waals surface area contributed by atoms with Gasteiger partial charge in [0.15, 0.2) is 0 Å². The number of halogens is 1. The monoisotopic (exact) mass is 442 g/mol. The van der Waals surface area contributed by atoms with E-state index in [1.165, 1.54) is 6.42 Å². The van der Waals surface area contributed by atoms with Gasteiger partial charge in [-0.2, -0.15) is 0 Å². The van der Waals surface area contributed by atoms with Gasteiger partial charge in [-0.05, 0) is 88.8 Å². The van der Waals surface area contributed by atoms with Gasteiger partial charge < -0.3 is 4.74 Å². The molecule has 0 amide bonds. The van der Waals surface area contributed by atoms with Crippen LogP contribution in [0.5, 0.6) is 5.75 Å². The quantitative estimate of drug-likeness (QED) is 0.304. The molecule has 0 heterocycles. The van der Waals surface area contributed by atoms with Crippen LogP contribution in [-0.4, -0.2) is 5.97 Å². The predicted molar refractivity (Wildman–Crippen MR) is 108 cm³/mol. The zero-order valence-electron chi connectivity index (χ0n) is 15.9. The molecule has 1 aliphatic rings. The van der Waals surface area contributed by atoms with Crippen molar-refractivity contribution in [2.24, 2.45) is 28.6 Å². The second-order valence-corrected chi connectivity index (χ2v) is 10.7. The maximum Gasteiger partial charge on any atom is 0.314 e. The number of esters is 1. The fourth-order valence-corrected chi connectivity index (χ4v) is 3.99. The molecule has 0 spiro atoms. The molecule has 1 aromatic carbocycles. The topological polar surface area (TPSA) is 26.3 Å². The highest BCUT2D eigenvalue weighted by Crippen LogP contribution is 2.48. The van der Waals surface area contributed by atoms with E-state index in [9.17, 15) is 4.79 Å². The van der Waals surface area contributed by atoms with E-state index in [2.05, 4.69) is 64.1 Å². The summed E-state index contributed by atoms with van der Waals surface area (Å²) < 4.78 is 6.83. The normalized spacial score (nSPS) is 25.4. The first-order chi connectivity index (χ1) is 11.0.